The van der Waals surface area contributed by atoms with Gasteiger partial charge in [0.1, 0.15) is 6.61 Å². The van der Waals surface area contributed by atoms with Gasteiger partial charge >= 0.3 is 0 Å². The molecule has 5 nitrogen and oxygen atoms in total. The van der Waals surface area contributed by atoms with Gasteiger partial charge in [0.25, 0.3) is 0 Å². The van der Waals surface area contributed by atoms with Crippen molar-refractivity contribution in [3.63, 3.8) is 0 Å². The minimum Gasteiger partial charge on any atom is -0.394 e. The van der Waals surface area contributed by atoms with Gasteiger partial charge < -0.3 is 20.1 Å². The molecule has 2 fully saturated rings. The van der Waals surface area contributed by atoms with E-state index in [1.807, 2.05) is 6.92 Å². The number of nitrogens with zero attached hydrogens (tertiary/aromatic N) is 1. The third kappa shape index (κ3) is 2.36. The Morgan fingerprint density at radius 1 is 1.62 bits per heavy atom. The van der Waals surface area contributed by atoms with Gasteiger partial charge in [0.2, 0.25) is 5.91 Å². The van der Waals surface area contributed by atoms with Gasteiger partial charge in [-0.25, -0.2) is 0 Å². The van der Waals surface area contributed by atoms with Crippen LogP contribution in [0.1, 0.15) is 19.8 Å². The van der Waals surface area contributed by atoms with Crippen molar-refractivity contribution in [3.05, 3.63) is 0 Å². The topological polar surface area (TPSA) is 61.8 Å². The molecule has 1 amide bonds. The molecule has 0 aromatic rings. The third-order valence-corrected chi connectivity index (χ3v) is 3.45. The van der Waals surface area contributed by atoms with Crippen molar-refractivity contribution >= 4 is 5.91 Å². The predicted octanol–water partition coefficient (Wildman–Crippen LogP) is -0.652. The number of ether oxygens (including phenoxy) is 1. The summed E-state index contributed by atoms with van der Waals surface area (Å²) in [6.45, 7) is 4.57. The fraction of sp³-hybridized carbons (Fsp3) is 0.909. The molecule has 2 rings (SSSR count). The van der Waals surface area contributed by atoms with Crippen LogP contribution in [0, 0.1) is 0 Å². The highest BCUT2D eigenvalue weighted by molar-refractivity contribution is 5.78. The summed E-state index contributed by atoms with van der Waals surface area (Å²) in [6, 6.07) is 0.00317. The van der Waals surface area contributed by atoms with Gasteiger partial charge in [0.05, 0.1) is 18.2 Å². The highest BCUT2D eigenvalue weighted by Crippen LogP contribution is 2.19. The van der Waals surface area contributed by atoms with Crippen molar-refractivity contribution in [1.82, 2.24) is 10.2 Å². The molecule has 1 atom stereocenters. The summed E-state index contributed by atoms with van der Waals surface area (Å²) in [5.74, 6) is 0.00433. The van der Waals surface area contributed by atoms with Crippen LogP contribution >= 0.6 is 0 Å². The largest absolute Gasteiger partial charge is 0.394 e. The van der Waals surface area contributed by atoms with Crippen LogP contribution in [0.25, 0.3) is 0 Å². The van der Waals surface area contributed by atoms with Crippen molar-refractivity contribution in [2.75, 3.05) is 32.8 Å². The first-order valence-electron chi connectivity index (χ1n) is 5.90. The number of amides is 1. The maximum absolute atomic E-state index is 11.9. The fourth-order valence-electron chi connectivity index (χ4n) is 2.25. The van der Waals surface area contributed by atoms with Crippen LogP contribution < -0.4 is 5.32 Å². The lowest BCUT2D eigenvalue weighted by atomic mass is 10.0. The number of rotatable bonds is 4. The number of aliphatic hydroxyl groups is 1. The molecule has 2 heterocycles. The molecule has 5 heteroatoms. The molecule has 0 spiro atoms. The molecule has 2 aliphatic rings. The summed E-state index contributed by atoms with van der Waals surface area (Å²) in [5, 5.41) is 12.3. The molecule has 0 radical (unpaired) electrons. The van der Waals surface area contributed by atoms with E-state index < -0.39 is 0 Å². The summed E-state index contributed by atoms with van der Waals surface area (Å²) >= 11 is 0. The normalized spacial score (nSPS) is 27.9. The maximum atomic E-state index is 11.9. The Hall–Kier alpha value is -0.650. The van der Waals surface area contributed by atoms with Crippen LogP contribution in [0.2, 0.25) is 0 Å². The first-order chi connectivity index (χ1) is 7.64. The second kappa shape index (κ2) is 4.69. The molecule has 0 aliphatic carbocycles. The average Bonchev–Trinajstić information content (AvgIpc) is 2.71. The Bertz CT molecular complexity index is 266. The summed E-state index contributed by atoms with van der Waals surface area (Å²) < 4.78 is 5.60. The molecular weight excluding hydrogens is 208 g/mol. The molecule has 16 heavy (non-hydrogen) atoms. The number of nitrogens with one attached hydrogen (secondary N) is 1. The predicted molar refractivity (Wildman–Crippen MR) is 59.0 cm³/mol. The Kier molecular flexibility index (Phi) is 3.47. The van der Waals surface area contributed by atoms with E-state index in [9.17, 15) is 4.79 Å². The van der Waals surface area contributed by atoms with Gasteiger partial charge in [-0.1, -0.05) is 0 Å². The molecule has 92 valence electrons. The molecule has 0 aromatic heterocycles. The van der Waals surface area contributed by atoms with Crippen LogP contribution in [0.4, 0.5) is 0 Å². The molecule has 2 aliphatic heterocycles. The first kappa shape index (κ1) is 11.8. The highest BCUT2D eigenvalue weighted by Gasteiger charge is 2.35. The lowest BCUT2D eigenvalue weighted by molar-refractivity contribution is -0.147. The molecule has 1 unspecified atom stereocenters. The van der Waals surface area contributed by atoms with E-state index in [4.69, 9.17) is 9.84 Å². The highest BCUT2D eigenvalue weighted by atomic mass is 16.5. The van der Waals surface area contributed by atoms with Crippen molar-refractivity contribution in [2.45, 2.75) is 31.4 Å². The number of carbonyl (C=O) groups is 1. The van der Waals surface area contributed by atoms with Crippen LogP contribution in [-0.2, 0) is 9.53 Å². The van der Waals surface area contributed by atoms with E-state index in [0.29, 0.717) is 0 Å². The number of carbonyl (C=O) groups excluding carboxylic acids is 1. The van der Waals surface area contributed by atoms with Gasteiger partial charge in [0.15, 0.2) is 0 Å². The number of likely N-dealkylation sites (tertiary alicyclic amines) is 1. The zero-order valence-corrected chi connectivity index (χ0v) is 9.74. The molecule has 2 N–H and O–H groups in total. The van der Waals surface area contributed by atoms with Crippen LogP contribution in [0.5, 0.6) is 0 Å². The molecule has 0 bridgehead atoms. The minimum absolute atomic E-state index is 0.00317. The fourth-order valence-corrected chi connectivity index (χ4v) is 2.25. The minimum atomic E-state index is -0.176. The zero-order chi connectivity index (χ0) is 11.6. The number of aliphatic hydroxyl groups excluding tert-OH is 1. The smallest absolute Gasteiger partial charge is 0.248 e. The SMILES string of the molecule is CC1(OCC(=O)N2CCCC2CO)CNC1. The first-order valence-corrected chi connectivity index (χ1v) is 5.90. The van der Waals surface area contributed by atoms with Crippen molar-refractivity contribution in [1.29, 1.82) is 0 Å². The number of hydrogen-bond donors (Lipinski definition) is 2. The Balaban J connectivity index is 1.78. The summed E-state index contributed by atoms with van der Waals surface area (Å²) in [6.07, 6.45) is 1.89. The summed E-state index contributed by atoms with van der Waals surface area (Å²) in [4.78, 5) is 13.6. The van der Waals surface area contributed by atoms with E-state index in [2.05, 4.69) is 5.32 Å². The van der Waals surface area contributed by atoms with Crippen molar-refractivity contribution in [2.24, 2.45) is 0 Å². The molecule has 0 aromatic carbocycles. The standard InChI is InChI=1S/C11H20N2O3/c1-11(7-12-8-11)16-6-10(15)13-4-2-3-9(13)5-14/h9,12,14H,2-8H2,1H3. The average molecular weight is 228 g/mol. The Morgan fingerprint density at radius 3 is 2.94 bits per heavy atom. The van der Waals surface area contributed by atoms with Gasteiger partial charge in [0, 0.05) is 19.6 Å². The summed E-state index contributed by atoms with van der Waals surface area (Å²) in [7, 11) is 0. The third-order valence-electron chi connectivity index (χ3n) is 3.45. The van der Waals surface area contributed by atoms with E-state index in [0.717, 1.165) is 32.5 Å². The van der Waals surface area contributed by atoms with Gasteiger partial charge in [-0.3, -0.25) is 4.79 Å². The Morgan fingerprint density at radius 2 is 2.38 bits per heavy atom. The van der Waals surface area contributed by atoms with Crippen LogP contribution in [0.15, 0.2) is 0 Å². The lowest BCUT2D eigenvalue weighted by Gasteiger charge is -2.39. The molecule has 0 saturated carbocycles. The van der Waals surface area contributed by atoms with E-state index in [1.54, 1.807) is 4.90 Å². The van der Waals surface area contributed by atoms with Crippen molar-refractivity contribution < 1.29 is 14.6 Å². The lowest BCUT2D eigenvalue weighted by Crippen LogP contribution is -2.59. The Labute approximate surface area is 95.8 Å². The monoisotopic (exact) mass is 228 g/mol. The number of hydrogen-bond acceptors (Lipinski definition) is 4. The molecular formula is C11H20N2O3. The second-order valence-electron chi connectivity index (χ2n) is 4.91. The quantitative estimate of drug-likeness (QED) is 0.671. The van der Waals surface area contributed by atoms with Gasteiger partial charge in [-0.15, -0.1) is 0 Å². The van der Waals surface area contributed by atoms with Gasteiger partial charge in [-0.05, 0) is 19.8 Å². The summed E-state index contributed by atoms with van der Waals surface area (Å²) in [5.41, 5.74) is -0.176. The van der Waals surface area contributed by atoms with Gasteiger partial charge in [-0.2, -0.15) is 0 Å². The van der Waals surface area contributed by atoms with E-state index in [1.165, 1.54) is 0 Å². The molecule has 2 saturated heterocycles. The van der Waals surface area contributed by atoms with E-state index >= 15 is 0 Å². The maximum Gasteiger partial charge on any atom is 0.248 e. The van der Waals surface area contributed by atoms with Crippen molar-refractivity contribution in [3.8, 4) is 0 Å². The van der Waals surface area contributed by atoms with E-state index in [-0.39, 0.29) is 30.8 Å². The zero-order valence-electron chi connectivity index (χ0n) is 9.74. The van der Waals surface area contributed by atoms with Crippen LogP contribution in [0.3, 0.4) is 0 Å². The second-order valence-corrected chi connectivity index (χ2v) is 4.91. The van der Waals surface area contributed by atoms with Crippen LogP contribution in [-0.4, -0.2) is 60.4 Å².